The molecule has 4 aromatic heterocycles. The zero-order valence-electron chi connectivity index (χ0n) is 20.0. The van der Waals surface area contributed by atoms with Crippen LogP contribution in [0.1, 0.15) is 11.3 Å². The van der Waals surface area contributed by atoms with E-state index in [2.05, 4.69) is 69.3 Å². The number of imidazole rings is 1. The minimum absolute atomic E-state index is 0.954. The molecule has 0 spiro atoms. The van der Waals surface area contributed by atoms with Gasteiger partial charge in [-0.3, -0.25) is 9.97 Å². The van der Waals surface area contributed by atoms with E-state index in [1.54, 1.807) is 30.1 Å². The maximum atomic E-state index is 4.34. The summed E-state index contributed by atoms with van der Waals surface area (Å²) in [5.41, 5.74) is 5.38. The number of rotatable bonds is 2. The summed E-state index contributed by atoms with van der Waals surface area (Å²) in [6.07, 6.45) is 9.10. The Balaban J connectivity index is 0.000000124. The van der Waals surface area contributed by atoms with Crippen molar-refractivity contribution in [3.05, 3.63) is 121 Å². The average molecular weight is 478 g/mol. The summed E-state index contributed by atoms with van der Waals surface area (Å²) < 4.78 is 1.92. The Labute approximate surface area is 209 Å². The molecular weight excluding hydrogens is 450 g/mol. The number of aromatic nitrogens is 5. The van der Waals surface area contributed by atoms with Gasteiger partial charge in [0, 0.05) is 48.5 Å². The summed E-state index contributed by atoms with van der Waals surface area (Å²) >= 11 is 1.63. The smallest absolute Gasteiger partial charge is 0.142 e. The van der Waals surface area contributed by atoms with Crippen LogP contribution in [0.15, 0.2) is 109 Å². The van der Waals surface area contributed by atoms with Crippen LogP contribution in [-0.4, -0.2) is 24.5 Å². The fourth-order valence-corrected chi connectivity index (χ4v) is 4.20. The number of hydrogen-bond donors (Lipinski definition) is 0. The lowest BCUT2D eigenvalue weighted by Gasteiger charge is -1.98. The Morgan fingerprint density at radius 1 is 0.771 bits per heavy atom. The zero-order valence-corrected chi connectivity index (χ0v) is 20.9. The Morgan fingerprint density at radius 2 is 1.60 bits per heavy atom. The third-order valence-electron chi connectivity index (χ3n) is 5.17. The summed E-state index contributed by atoms with van der Waals surface area (Å²) in [5, 5.41) is 5.71. The zero-order chi connectivity index (χ0) is 24.5. The Hall–Kier alpha value is -4.16. The van der Waals surface area contributed by atoms with E-state index in [1.165, 1.54) is 16.3 Å². The number of thiazole rings is 1. The van der Waals surface area contributed by atoms with Crippen molar-refractivity contribution in [3.63, 3.8) is 0 Å². The van der Waals surface area contributed by atoms with Gasteiger partial charge in [-0.25, -0.2) is 9.97 Å². The molecule has 5 nitrogen and oxygen atoms in total. The van der Waals surface area contributed by atoms with Crippen LogP contribution in [0.4, 0.5) is 0 Å². The van der Waals surface area contributed by atoms with Gasteiger partial charge in [-0.15, -0.1) is 11.3 Å². The second-order valence-corrected chi connectivity index (χ2v) is 8.83. The SMILES string of the molecule is Cc1cccc2ccccc12.Cc1csc(-c2ccccn2)n1.Cn1cnc(-c2cccnc2)c1. The molecule has 0 aliphatic heterocycles. The predicted octanol–water partition coefficient (Wildman–Crippen LogP) is 7.14. The van der Waals surface area contributed by atoms with Crippen molar-refractivity contribution in [3.8, 4) is 22.0 Å². The predicted molar refractivity (Wildman–Crippen MR) is 145 cm³/mol. The van der Waals surface area contributed by atoms with Crippen LogP contribution in [0, 0.1) is 13.8 Å². The molecule has 0 radical (unpaired) electrons. The lowest BCUT2D eigenvalue weighted by atomic mass is 10.1. The van der Waals surface area contributed by atoms with Gasteiger partial charge in [-0.2, -0.15) is 0 Å². The molecule has 4 heterocycles. The maximum absolute atomic E-state index is 4.34. The molecule has 6 aromatic rings. The van der Waals surface area contributed by atoms with Crippen molar-refractivity contribution in [2.45, 2.75) is 13.8 Å². The normalized spacial score (nSPS) is 10.1. The molecule has 2 aromatic carbocycles. The van der Waals surface area contributed by atoms with E-state index in [9.17, 15) is 0 Å². The summed E-state index contributed by atoms with van der Waals surface area (Å²) in [6.45, 7) is 4.13. The van der Waals surface area contributed by atoms with E-state index in [4.69, 9.17) is 0 Å². The second kappa shape index (κ2) is 11.8. The fourth-order valence-electron chi connectivity index (χ4n) is 3.42. The topological polar surface area (TPSA) is 56.5 Å². The molecule has 0 aliphatic rings. The standard InChI is InChI=1S/C11H10.C9H9N3.C9H8N2S/c1-9-5-4-7-10-6-2-3-8-11(9)10;1-12-6-9(11-7-12)8-3-2-4-10-5-8;1-7-6-12-9(11-7)8-4-2-3-5-10-8/h2-8H,1H3;2-7H,1H3;2-6H,1H3. The van der Waals surface area contributed by atoms with Crippen molar-refractivity contribution >= 4 is 22.1 Å². The molecule has 6 rings (SSSR count). The van der Waals surface area contributed by atoms with Gasteiger partial charge in [0.15, 0.2) is 0 Å². The van der Waals surface area contributed by atoms with E-state index in [0.29, 0.717) is 0 Å². The summed E-state index contributed by atoms with van der Waals surface area (Å²) in [7, 11) is 1.95. The highest BCUT2D eigenvalue weighted by Crippen LogP contribution is 2.20. The minimum Gasteiger partial charge on any atom is -0.340 e. The van der Waals surface area contributed by atoms with Crippen LogP contribution < -0.4 is 0 Å². The quantitative estimate of drug-likeness (QED) is 0.266. The van der Waals surface area contributed by atoms with Gasteiger partial charge in [-0.1, -0.05) is 48.5 Å². The first-order chi connectivity index (χ1) is 17.1. The number of benzene rings is 2. The van der Waals surface area contributed by atoms with E-state index < -0.39 is 0 Å². The first-order valence-electron chi connectivity index (χ1n) is 11.3. The Morgan fingerprint density at radius 3 is 2.26 bits per heavy atom. The van der Waals surface area contributed by atoms with Gasteiger partial charge < -0.3 is 4.57 Å². The summed E-state index contributed by atoms with van der Waals surface area (Å²) in [6, 6.07) is 24.6. The van der Waals surface area contributed by atoms with Gasteiger partial charge in [-0.05, 0) is 54.4 Å². The molecule has 0 saturated heterocycles. The monoisotopic (exact) mass is 477 g/mol. The lowest BCUT2D eigenvalue weighted by molar-refractivity contribution is 0.913. The molecule has 35 heavy (non-hydrogen) atoms. The summed E-state index contributed by atoms with van der Waals surface area (Å²) in [5.74, 6) is 0. The molecule has 0 N–H and O–H groups in total. The van der Waals surface area contributed by atoms with Crippen LogP contribution in [0.5, 0.6) is 0 Å². The molecule has 0 unspecified atom stereocenters. The van der Waals surface area contributed by atoms with Gasteiger partial charge in [0.05, 0.1) is 17.7 Å². The Kier molecular flexibility index (Phi) is 8.09. The molecule has 0 aliphatic carbocycles. The molecule has 0 atom stereocenters. The summed E-state index contributed by atoms with van der Waals surface area (Å²) in [4.78, 5) is 16.8. The van der Waals surface area contributed by atoms with Gasteiger partial charge >= 0.3 is 0 Å². The van der Waals surface area contributed by atoms with Crippen molar-refractivity contribution in [1.29, 1.82) is 0 Å². The molecule has 0 bridgehead atoms. The van der Waals surface area contributed by atoms with Crippen molar-refractivity contribution in [2.24, 2.45) is 7.05 Å². The van der Waals surface area contributed by atoms with Crippen LogP contribution in [0.3, 0.4) is 0 Å². The molecule has 0 fully saturated rings. The van der Waals surface area contributed by atoms with Crippen molar-refractivity contribution < 1.29 is 0 Å². The molecule has 174 valence electrons. The van der Waals surface area contributed by atoms with Crippen molar-refractivity contribution in [2.75, 3.05) is 0 Å². The van der Waals surface area contributed by atoms with Crippen LogP contribution in [0.25, 0.3) is 32.7 Å². The highest BCUT2D eigenvalue weighted by molar-refractivity contribution is 7.13. The van der Waals surface area contributed by atoms with Crippen LogP contribution in [-0.2, 0) is 7.05 Å². The second-order valence-electron chi connectivity index (χ2n) is 7.97. The molecule has 0 amide bonds. The van der Waals surface area contributed by atoms with E-state index in [0.717, 1.165) is 27.7 Å². The number of nitrogens with zero attached hydrogens (tertiary/aromatic N) is 5. The first-order valence-corrected chi connectivity index (χ1v) is 12.1. The van der Waals surface area contributed by atoms with E-state index >= 15 is 0 Å². The van der Waals surface area contributed by atoms with Gasteiger partial charge in [0.25, 0.3) is 0 Å². The van der Waals surface area contributed by atoms with Crippen LogP contribution >= 0.6 is 11.3 Å². The fraction of sp³-hybridized carbons (Fsp3) is 0.103. The maximum Gasteiger partial charge on any atom is 0.142 e. The average Bonchev–Trinajstić information content (AvgIpc) is 3.55. The van der Waals surface area contributed by atoms with E-state index in [-0.39, 0.29) is 0 Å². The van der Waals surface area contributed by atoms with E-state index in [1.807, 2.05) is 66.6 Å². The molecule has 0 saturated carbocycles. The number of pyridine rings is 2. The first kappa shape index (κ1) is 24.0. The minimum atomic E-state index is 0.954. The Bertz CT molecular complexity index is 1390. The van der Waals surface area contributed by atoms with Gasteiger partial charge in [0.2, 0.25) is 0 Å². The molecule has 6 heteroatoms. The third-order valence-corrected chi connectivity index (χ3v) is 6.16. The molecular formula is C29H27N5S. The largest absolute Gasteiger partial charge is 0.340 e. The van der Waals surface area contributed by atoms with Crippen molar-refractivity contribution in [1.82, 2.24) is 24.5 Å². The highest BCUT2D eigenvalue weighted by Gasteiger charge is 2.01. The van der Waals surface area contributed by atoms with Gasteiger partial charge in [0.1, 0.15) is 5.01 Å². The highest BCUT2D eigenvalue weighted by atomic mass is 32.1. The number of hydrogen-bond acceptors (Lipinski definition) is 5. The van der Waals surface area contributed by atoms with Crippen LogP contribution in [0.2, 0.25) is 0 Å². The number of fused-ring (bicyclic) bond motifs is 1. The number of aryl methyl sites for hydroxylation is 3. The lowest BCUT2D eigenvalue weighted by Crippen LogP contribution is -1.79. The third kappa shape index (κ3) is 6.68.